The maximum atomic E-state index is 12.7. The molecule has 3 heterocycles. The summed E-state index contributed by atoms with van der Waals surface area (Å²) in [5.41, 5.74) is 0.317. The number of ether oxygens (including phenoxy) is 1. The molecule has 1 amide bonds. The number of morpholine rings is 1. The quantitative estimate of drug-likeness (QED) is 0.632. The summed E-state index contributed by atoms with van der Waals surface area (Å²) in [5.74, 6) is -0.146. The van der Waals surface area contributed by atoms with Crippen LogP contribution in [0.3, 0.4) is 0 Å². The highest BCUT2D eigenvalue weighted by molar-refractivity contribution is 7.91. The van der Waals surface area contributed by atoms with Gasteiger partial charge in [-0.3, -0.25) is 4.79 Å². The maximum absolute atomic E-state index is 12.7. The molecule has 30 heavy (non-hydrogen) atoms. The van der Waals surface area contributed by atoms with Crippen LogP contribution >= 0.6 is 0 Å². The Balaban J connectivity index is 1.38. The van der Waals surface area contributed by atoms with Gasteiger partial charge in [-0.25, -0.2) is 16.8 Å². The van der Waals surface area contributed by atoms with Crippen LogP contribution in [-0.2, 0) is 30.4 Å². The van der Waals surface area contributed by atoms with E-state index in [0.717, 1.165) is 0 Å². The lowest BCUT2D eigenvalue weighted by molar-refractivity contribution is 0.0658. The van der Waals surface area contributed by atoms with Gasteiger partial charge >= 0.3 is 0 Å². The summed E-state index contributed by atoms with van der Waals surface area (Å²) in [6, 6.07) is 8.96. The topological polar surface area (TPSA) is 114 Å². The van der Waals surface area contributed by atoms with Crippen molar-refractivity contribution in [1.29, 1.82) is 0 Å². The molecule has 1 aromatic heterocycles. The molecule has 162 valence electrons. The first kappa shape index (κ1) is 21.0. The fraction of sp³-hybridized carbons (Fsp3) is 0.421. The van der Waals surface area contributed by atoms with Crippen molar-refractivity contribution in [3.63, 3.8) is 0 Å². The van der Waals surface area contributed by atoms with Gasteiger partial charge in [-0.05, 0) is 36.4 Å². The van der Waals surface area contributed by atoms with Crippen molar-refractivity contribution in [3.05, 3.63) is 54.0 Å². The standard InChI is InChI=1S/C19H22N2O7S2/c22-19(20-12-18(13-20)29(23,24)14-16-2-1-9-28-16)15-3-5-17(6-4-15)30(25,26)21-7-10-27-11-8-21/h1-6,9,18H,7-8,10-14H2. The average molecular weight is 455 g/mol. The van der Waals surface area contributed by atoms with Crippen LogP contribution in [-0.4, -0.2) is 76.6 Å². The Bertz CT molecular complexity index is 1100. The summed E-state index contributed by atoms with van der Waals surface area (Å²) in [4.78, 5) is 14.2. The average Bonchev–Trinajstić information content (AvgIpc) is 3.19. The van der Waals surface area contributed by atoms with Gasteiger partial charge < -0.3 is 14.1 Å². The van der Waals surface area contributed by atoms with Crippen LogP contribution in [0.4, 0.5) is 0 Å². The van der Waals surface area contributed by atoms with E-state index >= 15 is 0 Å². The molecule has 0 radical (unpaired) electrons. The predicted molar refractivity (Wildman–Crippen MR) is 107 cm³/mol. The number of hydrogen-bond donors (Lipinski definition) is 0. The maximum Gasteiger partial charge on any atom is 0.253 e. The molecule has 1 aromatic carbocycles. The van der Waals surface area contributed by atoms with Crippen molar-refractivity contribution in [1.82, 2.24) is 9.21 Å². The lowest BCUT2D eigenvalue weighted by atomic mass is 10.1. The van der Waals surface area contributed by atoms with Crippen molar-refractivity contribution >= 4 is 25.8 Å². The minimum atomic E-state index is -3.63. The van der Waals surface area contributed by atoms with Gasteiger partial charge in [0, 0.05) is 31.7 Å². The first-order valence-electron chi connectivity index (χ1n) is 9.48. The van der Waals surface area contributed by atoms with Crippen molar-refractivity contribution in [3.8, 4) is 0 Å². The molecule has 2 saturated heterocycles. The Morgan fingerprint density at radius 3 is 2.27 bits per heavy atom. The minimum Gasteiger partial charge on any atom is -0.468 e. The zero-order valence-electron chi connectivity index (χ0n) is 16.1. The van der Waals surface area contributed by atoms with Gasteiger partial charge in [0.2, 0.25) is 10.0 Å². The van der Waals surface area contributed by atoms with E-state index in [1.165, 1.54) is 39.7 Å². The molecule has 2 aliphatic heterocycles. The number of sulfonamides is 1. The molecule has 0 spiro atoms. The molecular formula is C19H22N2O7S2. The van der Waals surface area contributed by atoms with Gasteiger partial charge in [0.15, 0.2) is 9.84 Å². The predicted octanol–water partition coefficient (Wildman–Crippen LogP) is 0.740. The normalized spacial score (nSPS) is 18.9. The number of sulfone groups is 1. The highest BCUT2D eigenvalue weighted by atomic mass is 32.2. The second-order valence-electron chi connectivity index (χ2n) is 7.26. The highest BCUT2D eigenvalue weighted by Crippen LogP contribution is 2.24. The van der Waals surface area contributed by atoms with Gasteiger partial charge in [0.05, 0.1) is 29.6 Å². The first-order chi connectivity index (χ1) is 14.3. The van der Waals surface area contributed by atoms with Crippen molar-refractivity contribution in [2.75, 3.05) is 39.4 Å². The summed E-state index contributed by atoms with van der Waals surface area (Å²) < 4.78 is 61.8. The Labute approximate surface area is 175 Å². The monoisotopic (exact) mass is 454 g/mol. The number of amides is 1. The van der Waals surface area contributed by atoms with E-state index in [4.69, 9.17) is 9.15 Å². The Morgan fingerprint density at radius 1 is 1.00 bits per heavy atom. The Morgan fingerprint density at radius 2 is 1.67 bits per heavy atom. The Hall–Kier alpha value is -2.21. The van der Waals surface area contributed by atoms with Gasteiger partial charge in [-0.15, -0.1) is 0 Å². The summed E-state index contributed by atoms with van der Waals surface area (Å²) in [5, 5.41) is -0.632. The van der Waals surface area contributed by atoms with E-state index in [0.29, 0.717) is 37.6 Å². The second-order valence-corrected chi connectivity index (χ2v) is 11.5. The number of furan rings is 1. The molecule has 0 N–H and O–H groups in total. The van der Waals surface area contributed by atoms with E-state index in [-0.39, 0.29) is 29.6 Å². The second kappa shape index (κ2) is 8.14. The fourth-order valence-corrected chi connectivity index (χ4v) is 6.45. The summed E-state index contributed by atoms with van der Waals surface area (Å²) in [6.45, 7) is 1.52. The molecule has 0 unspecified atom stereocenters. The van der Waals surface area contributed by atoms with Crippen LogP contribution in [0.1, 0.15) is 16.1 Å². The van der Waals surface area contributed by atoms with E-state index in [2.05, 4.69) is 0 Å². The number of rotatable bonds is 6. The molecule has 11 heteroatoms. The summed E-state index contributed by atoms with van der Waals surface area (Å²) >= 11 is 0. The molecule has 2 aliphatic rings. The number of carbonyl (C=O) groups excluding carboxylic acids is 1. The zero-order chi connectivity index (χ0) is 21.4. The van der Waals surface area contributed by atoms with Crippen LogP contribution in [0.25, 0.3) is 0 Å². The first-order valence-corrected chi connectivity index (χ1v) is 12.6. The van der Waals surface area contributed by atoms with Gasteiger partial charge in [0.1, 0.15) is 11.5 Å². The van der Waals surface area contributed by atoms with Crippen LogP contribution in [0, 0.1) is 0 Å². The SMILES string of the molecule is O=C(c1ccc(S(=O)(=O)N2CCOCC2)cc1)N1CC(S(=O)(=O)Cc2ccco2)C1. The van der Waals surface area contributed by atoms with Gasteiger partial charge in [-0.2, -0.15) is 4.31 Å². The Kier molecular flexibility index (Phi) is 5.71. The molecule has 9 nitrogen and oxygen atoms in total. The molecule has 2 fully saturated rings. The van der Waals surface area contributed by atoms with Crippen LogP contribution in [0.5, 0.6) is 0 Å². The lowest BCUT2D eigenvalue weighted by Crippen LogP contribution is -2.57. The largest absolute Gasteiger partial charge is 0.468 e. The molecule has 2 aromatic rings. The number of likely N-dealkylation sites (tertiary alicyclic amines) is 1. The fourth-order valence-electron chi connectivity index (χ4n) is 3.43. The van der Waals surface area contributed by atoms with Gasteiger partial charge in [0.25, 0.3) is 5.91 Å². The van der Waals surface area contributed by atoms with Crippen molar-refractivity contribution in [2.45, 2.75) is 15.9 Å². The number of hydrogen-bond acceptors (Lipinski definition) is 7. The lowest BCUT2D eigenvalue weighted by Gasteiger charge is -2.38. The van der Waals surface area contributed by atoms with Crippen molar-refractivity contribution < 1.29 is 30.8 Å². The van der Waals surface area contributed by atoms with Crippen LogP contribution < -0.4 is 0 Å². The van der Waals surface area contributed by atoms with E-state index in [1.54, 1.807) is 12.1 Å². The van der Waals surface area contributed by atoms with Crippen LogP contribution in [0.15, 0.2) is 52.0 Å². The third kappa shape index (κ3) is 4.15. The number of carbonyl (C=O) groups is 1. The van der Waals surface area contributed by atoms with E-state index in [9.17, 15) is 21.6 Å². The molecule has 0 aliphatic carbocycles. The van der Waals surface area contributed by atoms with Gasteiger partial charge in [-0.1, -0.05) is 0 Å². The number of nitrogens with zero attached hydrogens (tertiary/aromatic N) is 2. The molecule has 4 rings (SSSR count). The van der Waals surface area contributed by atoms with E-state index in [1.807, 2.05) is 0 Å². The molecule has 0 saturated carbocycles. The zero-order valence-corrected chi connectivity index (χ0v) is 17.8. The smallest absolute Gasteiger partial charge is 0.253 e. The molecule has 0 bridgehead atoms. The minimum absolute atomic E-state index is 0.107. The highest BCUT2D eigenvalue weighted by Gasteiger charge is 2.40. The molecule has 0 atom stereocenters. The van der Waals surface area contributed by atoms with E-state index < -0.39 is 25.1 Å². The van der Waals surface area contributed by atoms with Crippen LogP contribution in [0.2, 0.25) is 0 Å². The van der Waals surface area contributed by atoms with Crippen molar-refractivity contribution in [2.24, 2.45) is 0 Å². The summed E-state index contributed by atoms with van der Waals surface area (Å²) in [7, 11) is -7.05. The molecular weight excluding hydrogens is 432 g/mol. The third-order valence-electron chi connectivity index (χ3n) is 5.28. The number of benzene rings is 1. The summed E-state index contributed by atoms with van der Waals surface area (Å²) in [6.07, 6.45) is 1.42. The third-order valence-corrected chi connectivity index (χ3v) is 9.19.